The molecule has 0 aromatic heterocycles. The van der Waals surface area contributed by atoms with Gasteiger partial charge in [-0.05, 0) is 46.1 Å². The lowest BCUT2D eigenvalue weighted by atomic mass is 10.0. The summed E-state index contributed by atoms with van der Waals surface area (Å²) in [5.74, 6) is 1.73. The van der Waals surface area contributed by atoms with Crippen molar-refractivity contribution in [1.29, 1.82) is 0 Å². The summed E-state index contributed by atoms with van der Waals surface area (Å²) in [6.07, 6.45) is 2.66. The number of piperazine rings is 1. The van der Waals surface area contributed by atoms with Crippen LogP contribution in [0.3, 0.4) is 0 Å². The monoisotopic (exact) mass is 431 g/mol. The van der Waals surface area contributed by atoms with Gasteiger partial charge >= 0.3 is 0 Å². The van der Waals surface area contributed by atoms with Gasteiger partial charge < -0.3 is 19.9 Å². The summed E-state index contributed by atoms with van der Waals surface area (Å²) in [5.41, 5.74) is 0. The molecule has 1 unspecified atom stereocenters. The van der Waals surface area contributed by atoms with E-state index in [1.165, 1.54) is 25.9 Å². The summed E-state index contributed by atoms with van der Waals surface area (Å²) in [4.78, 5) is 9.50. The zero-order valence-corrected chi connectivity index (χ0v) is 19.6. The van der Waals surface area contributed by atoms with Gasteiger partial charge in [-0.1, -0.05) is 6.92 Å². The molecule has 2 heterocycles. The Morgan fingerprint density at radius 1 is 1.21 bits per heavy atom. The molecule has 0 bridgehead atoms. The van der Waals surface area contributed by atoms with E-state index in [0.717, 1.165) is 31.5 Å². The lowest BCUT2D eigenvalue weighted by Crippen LogP contribution is -2.54. The van der Waals surface area contributed by atoms with Crippen LogP contribution in [0.5, 0.6) is 0 Å². The second-order valence-electron chi connectivity index (χ2n) is 8.41. The lowest BCUT2D eigenvalue weighted by molar-refractivity contribution is 0.0904. The molecule has 2 rings (SSSR count). The normalized spacial score (nSPS) is 23.0. The van der Waals surface area contributed by atoms with E-state index in [0.29, 0.717) is 26.2 Å². The number of nitrogens with zero attached hydrogens (tertiary/aromatic N) is 4. The van der Waals surface area contributed by atoms with Crippen LogP contribution in [-0.4, -0.2) is 106 Å². The van der Waals surface area contributed by atoms with Gasteiger partial charge in [0.25, 0.3) is 0 Å². The predicted octanol–water partition coefficient (Wildman–Crippen LogP) is 1.06. The Labute approximate surface area is 177 Å². The second kappa shape index (κ2) is 12.1. The molecule has 1 atom stereocenters. The Hall–Kier alpha value is -0.900. The SMILES string of the molecule is CCNC(=NCCN1CCCC(C)C1)N1CCN(S(=O)(=O)CCOC(C)C)CC1. The summed E-state index contributed by atoms with van der Waals surface area (Å²) < 4.78 is 32.0. The number of rotatable bonds is 9. The van der Waals surface area contributed by atoms with Crippen LogP contribution in [0.25, 0.3) is 0 Å². The molecule has 0 spiro atoms. The molecule has 0 aromatic carbocycles. The first-order valence-electron chi connectivity index (χ1n) is 11.2. The van der Waals surface area contributed by atoms with E-state index in [2.05, 4.69) is 29.0 Å². The van der Waals surface area contributed by atoms with E-state index in [9.17, 15) is 8.42 Å². The van der Waals surface area contributed by atoms with Crippen LogP contribution in [0.2, 0.25) is 0 Å². The number of sulfonamides is 1. The van der Waals surface area contributed by atoms with Gasteiger partial charge in [0, 0.05) is 45.8 Å². The van der Waals surface area contributed by atoms with Crippen molar-refractivity contribution in [3.63, 3.8) is 0 Å². The van der Waals surface area contributed by atoms with Gasteiger partial charge in [0.15, 0.2) is 5.96 Å². The Morgan fingerprint density at radius 2 is 1.93 bits per heavy atom. The quantitative estimate of drug-likeness (QED) is 0.434. The van der Waals surface area contributed by atoms with E-state index in [1.54, 1.807) is 4.31 Å². The Kier molecular flexibility index (Phi) is 10.1. The van der Waals surface area contributed by atoms with Gasteiger partial charge in [0.05, 0.1) is 25.0 Å². The van der Waals surface area contributed by atoms with Gasteiger partial charge in [-0.15, -0.1) is 0 Å². The van der Waals surface area contributed by atoms with Crippen LogP contribution in [0.4, 0.5) is 0 Å². The third kappa shape index (κ3) is 8.39. The average molecular weight is 432 g/mol. The second-order valence-corrected chi connectivity index (χ2v) is 10.5. The molecular weight excluding hydrogens is 390 g/mol. The zero-order chi connectivity index (χ0) is 21.3. The molecule has 29 heavy (non-hydrogen) atoms. The van der Waals surface area contributed by atoms with E-state index < -0.39 is 10.0 Å². The van der Waals surface area contributed by atoms with Crippen molar-refractivity contribution in [2.45, 2.75) is 46.6 Å². The highest BCUT2D eigenvalue weighted by Gasteiger charge is 2.28. The van der Waals surface area contributed by atoms with Gasteiger partial charge in [-0.2, -0.15) is 4.31 Å². The number of aliphatic imine (C=N–C) groups is 1. The van der Waals surface area contributed by atoms with Crippen molar-refractivity contribution in [3.05, 3.63) is 0 Å². The molecule has 170 valence electrons. The van der Waals surface area contributed by atoms with Crippen LogP contribution < -0.4 is 5.32 Å². The topological polar surface area (TPSA) is 77.5 Å². The maximum atomic E-state index is 12.5. The summed E-state index contributed by atoms with van der Waals surface area (Å²) in [5, 5.41) is 3.37. The Morgan fingerprint density at radius 3 is 2.55 bits per heavy atom. The summed E-state index contributed by atoms with van der Waals surface area (Å²) in [7, 11) is -3.26. The number of hydrogen-bond acceptors (Lipinski definition) is 5. The molecule has 0 amide bonds. The minimum absolute atomic E-state index is 0.0492. The fourth-order valence-electron chi connectivity index (χ4n) is 3.91. The van der Waals surface area contributed by atoms with Crippen molar-refractivity contribution in [3.8, 4) is 0 Å². The largest absolute Gasteiger partial charge is 0.378 e. The Balaban J connectivity index is 1.82. The highest BCUT2D eigenvalue weighted by molar-refractivity contribution is 7.89. The molecule has 2 fully saturated rings. The summed E-state index contributed by atoms with van der Waals surface area (Å²) in [6.45, 7) is 15.7. The zero-order valence-electron chi connectivity index (χ0n) is 18.8. The first kappa shape index (κ1) is 24.4. The molecule has 0 radical (unpaired) electrons. The molecule has 0 aliphatic carbocycles. The first-order chi connectivity index (χ1) is 13.8. The number of hydrogen-bond donors (Lipinski definition) is 1. The predicted molar refractivity (Wildman–Crippen MR) is 119 cm³/mol. The van der Waals surface area contributed by atoms with Gasteiger partial charge in [-0.25, -0.2) is 8.42 Å². The molecule has 1 N–H and O–H groups in total. The molecular formula is C20H41N5O3S. The lowest BCUT2D eigenvalue weighted by Gasteiger charge is -2.36. The maximum Gasteiger partial charge on any atom is 0.216 e. The van der Waals surface area contributed by atoms with Crippen molar-refractivity contribution in [2.24, 2.45) is 10.9 Å². The smallest absolute Gasteiger partial charge is 0.216 e. The number of nitrogens with one attached hydrogen (secondary N) is 1. The van der Waals surface area contributed by atoms with Gasteiger partial charge in [0.1, 0.15) is 0 Å². The summed E-state index contributed by atoms with van der Waals surface area (Å²) in [6, 6.07) is 0. The van der Waals surface area contributed by atoms with Gasteiger partial charge in [-0.3, -0.25) is 4.99 Å². The minimum atomic E-state index is -3.26. The maximum absolute atomic E-state index is 12.5. The summed E-state index contributed by atoms with van der Waals surface area (Å²) >= 11 is 0. The van der Waals surface area contributed by atoms with E-state index >= 15 is 0 Å². The number of guanidine groups is 1. The standard InChI is InChI=1S/C20H41N5O3S/c1-5-21-20(22-8-10-23-9-6-7-19(4)17-23)24-11-13-25(14-12-24)29(26,27)16-15-28-18(2)3/h18-19H,5-17H2,1-4H3,(H,21,22). The minimum Gasteiger partial charge on any atom is -0.378 e. The Bertz CT molecular complexity index is 603. The first-order valence-corrected chi connectivity index (χ1v) is 12.8. The third-order valence-electron chi connectivity index (χ3n) is 5.48. The van der Waals surface area contributed by atoms with Gasteiger partial charge in [0.2, 0.25) is 10.0 Å². The average Bonchev–Trinajstić information content (AvgIpc) is 2.67. The van der Waals surface area contributed by atoms with E-state index in [4.69, 9.17) is 9.73 Å². The van der Waals surface area contributed by atoms with Crippen molar-refractivity contribution >= 4 is 16.0 Å². The molecule has 2 saturated heterocycles. The highest BCUT2D eigenvalue weighted by Crippen LogP contribution is 2.15. The van der Waals surface area contributed by atoms with Crippen LogP contribution in [0.1, 0.15) is 40.5 Å². The van der Waals surface area contributed by atoms with Crippen LogP contribution in [0, 0.1) is 5.92 Å². The fraction of sp³-hybridized carbons (Fsp3) is 0.950. The van der Waals surface area contributed by atoms with E-state index in [-0.39, 0.29) is 18.5 Å². The molecule has 2 aliphatic heterocycles. The number of ether oxygens (including phenoxy) is 1. The molecule has 9 heteroatoms. The molecule has 0 aromatic rings. The molecule has 0 saturated carbocycles. The fourth-order valence-corrected chi connectivity index (χ4v) is 5.19. The van der Waals surface area contributed by atoms with Crippen molar-refractivity contribution in [2.75, 3.05) is 71.3 Å². The number of likely N-dealkylation sites (tertiary alicyclic amines) is 1. The van der Waals surface area contributed by atoms with Crippen molar-refractivity contribution in [1.82, 2.24) is 19.4 Å². The van der Waals surface area contributed by atoms with Crippen LogP contribution in [-0.2, 0) is 14.8 Å². The van der Waals surface area contributed by atoms with Crippen molar-refractivity contribution < 1.29 is 13.2 Å². The number of piperidine rings is 1. The van der Waals surface area contributed by atoms with E-state index in [1.807, 2.05) is 13.8 Å². The third-order valence-corrected chi connectivity index (χ3v) is 7.31. The highest BCUT2D eigenvalue weighted by atomic mass is 32.2. The van der Waals surface area contributed by atoms with Crippen LogP contribution in [0.15, 0.2) is 4.99 Å². The van der Waals surface area contributed by atoms with Crippen LogP contribution >= 0.6 is 0 Å². The molecule has 8 nitrogen and oxygen atoms in total. The molecule has 2 aliphatic rings.